The Kier molecular flexibility index (Phi) is 5.08. The lowest BCUT2D eigenvalue weighted by atomic mass is 10.1. The normalized spacial score (nSPS) is 13.3. The van der Waals surface area contributed by atoms with Crippen molar-refractivity contribution >= 4 is 21.4 Å². The SMILES string of the molecule is CCS(=O)(=O)c1ccccc1NC(=O)[C@@H](N)C(C)C. The average molecular weight is 284 g/mol. The second kappa shape index (κ2) is 6.16. The number of anilines is 1. The summed E-state index contributed by atoms with van der Waals surface area (Å²) < 4.78 is 23.8. The standard InChI is InChI=1S/C13H20N2O3S/c1-4-19(17,18)11-8-6-5-7-10(11)15-13(16)12(14)9(2)3/h5-9,12H,4,14H2,1-3H3,(H,15,16)/t12-/m0/s1. The molecule has 6 heteroatoms. The molecular formula is C13H20N2O3S. The Bertz CT molecular complexity index is 553. The van der Waals surface area contributed by atoms with Gasteiger partial charge in [-0.15, -0.1) is 0 Å². The molecule has 106 valence electrons. The predicted molar refractivity (Wildman–Crippen MR) is 75.6 cm³/mol. The van der Waals surface area contributed by atoms with Crippen LogP contribution in [0.2, 0.25) is 0 Å². The van der Waals surface area contributed by atoms with Crippen molar-refractivity contribution < 1.29 is 13.2 Å². The van der Waals surface area contributed by atoms with Gasteiger partial charge in [0.15, 0.2) is 9.84 Å². The number of rotatable bonds is 5. The molecule has 5 nitrogen and oxygen atoms in total. The van der Waals surface area contributed by atoms with Gasteiger partial charge in [0.05, 0.1) is 22.4 Å². The maximum Gasteiger partial charge on any atom is 0.241 e. The van der Waals surface area contributed by atoms with Gasteiger partial charge in [0.1, 0.15) is 0 Å². The number of amides is 1. The molecule has 0 unspecified atom stereocenters. The van der Waals surface area contributed by atoms with Crippen molar-refractivity contribution in [2.75, 3.05) is 11.1 Å². The molecule has 0 fully saturated rings. The maximum atomic E-state index is 11.9. The summed E-state index contributed by atoms with van der Waals surface area (Å²) in [5.41, 5.74) is 6.02. The number of carbonyl (C=O) groups excluding carboxylic acids is 1. The number of hydrogen-bond acceptors (Lipinski definition) is 4. The van der Waals surface area contributed by atoms with Crippen molar-refractivity contribution in [2.24, 2.45) is 11.7 Å². The molecule has 1 rings (SSSR count). The van der Waals surface area contributed by atoms with E-state index in [1.807, 2.05) is 13.8 Å². The zero-order chi connectivity index (χ0) is 14.6. The van der Waals surface area contributed by atoms with Gasteiger partial charge in [0.2, 0.25) is 5.91 Å². The summed E-state index contributed by atoms with van der Waals surface area (Å²) in [6.07, 6.45) is 0. The van der Waals surface area contributed by atoms with Crippen LogP contribution >= 0.6 is 0 Å². The Morgan fingerprint density at radius 3 is 2.42 bits per heavy atom. The minimum absolute atomic E-state index is 0.0177. The van der Waals surface area contributed by atoms with E-state index in [-0.39, 0.29) is 28.2 Å². The average Bonchev–Trinajstić information content (AvgIpc) is 2.38. The molecule has 0 saturated heterocycles. The summed E-state index contributed by atoms with van der Waals surface area (Å²) in [5.74, 6) is -0.417. The van der Waals surface area contributed by atoms with Gasteiger partial charge in [0.25, 0.3) is 0 Å². The quantitative estimate of drug-likeness (QED) is 0.855. The molecule has 1 aromatic rings. The van der Waals surface area contributed by atoms with Crippen LogP contribution in [0.4, 0.5) is 5.69 Å². The number of carbonyl (C=O) groups is 1. The second-order valence-electron chi connectivity index (χ2n) is 4.66. The Morgan fingerprint density at radius 2 is 1.89 bits per heavy atom. The first-order valence-corrected chi connectivity index (χ1v) is 7.83. The lowest BCUT2D eigenvalue weighted by molar-refractivity contribution is -0.118. The summed E-state index contributed by atoms with van der Waals surface area (Å²) >= 11 is 0. The van der Waals surface area contributed by atoms with Gasteiger partial charge in [-0.3, -0.25) is 4.79 Å². The zero-order valence-corrected chi connectivity index (χ0v) is 12.2. The van der Waals surface area contributed by atoms with Crippen LogP contribution in [0.5, 0.6) is 0 Å². The third-order valence-corrected chi connectivity index (χ3v) is 4.67. The van der Waals surface area contributed by atoms with Gasteiger partial charge in [-0.1, -0.05) is 32.9 Å². The van der Waals surface area contributed by atoms with Crippen LogP contribution in [-0.2, 0) is 14.6 Å². The third kappa shape index (κ3) is 3.78. The Labute approximate surface area is 114 Å². The number of hydrogen-bond donors (Lipinski definition) is 2. The summed E-state index contributed by atoms with van der Waals surface area (Å²) in [5, 5.41) is 2.59. The largest absolute Gasteiger partial charge is 0.324 e. The molecule has 0 radical (unpaired) electrons. The first-order chi connectivity index (χ1) is 8.79. The van der Waals surface area contributed by atoms with Crippen LogP contribution in [-0.4, -0.2) is 26.1 Å². The number of nitrogens with two attached hydrogens (primary N) is 1. The van der Waals surface area contributed by atoms with E-state index in [2.05, 4.69) is 5.32 Å². The van der Waals surface area contributed by atoms with Gasteiger partial charge in [0, 0.05) is 0 Å². The van der Waals surface area contributed by atoms with Crippen molar-refractivity contribution in [3.8, 4) is 0 Å². The number of benzene rings is 1. The maximum absolute atomic E-state index is 11.9. The summed E-state index contributed by atoms with van der Waals surface area (Å²) in [4.78, 5) is 12.0. The second-order valence-corrected chi connectivity index (χ2v) is 6.91. The van der Waals surface area contributed by atoms with Gasteiger partial charge in [-0.25, -0.2) is 8.42 Å². The zero-order valence-electron chi connectivity index (χ0n) is 11.4. The van der Waals surface area contributed by atoms with Gasteiger partial charge < -0.3 is 11.1 Å². The van der Waals surface area contributed by atoms with Gasteiger partial charge in [-0.05, 0) is 18.1 Å². The fourth-order valence-electron chi connectivity index (χ4n) is 1.52. The Balaban J connectivity index is 3.07. The van der Waals surface area contributed by atoms with Crippen molar-refractivity contribution in [1.82, 2.24) is 0 Å². The minimum Gasteiger partial charge on any atom is -0.324 e. The van der Waals surface area contributed by atoms with Crippen molar-refractivity contribution in [2.45, 2.75) is 31.7 Å². The highest BCUT2D eigenvalue weighted by molar-refractivity contribution is 7.91. The molecule has 0 heterocycles. The summed E-state index contributed by atoms with van der Waals surface area (Å²) in [6.45, 7) is 5.23. The van der Waals surface area contributed by atoms with Crippen molar-refractivity contribution in [3.05, 3.63) is 24.3 Å². The molecule has 19 heavy (non-hydrogen) atoms. The van der Waals surface area contributed by atoms with Gasteiger partial charge >= 0.3 is 0 Å². The number of sulfone groups is 1. The molecule has 3 N–H and O–H groups in total. The third-order valence-electron chi connectivity index (χ3n) is 2.88. The summed E-state index contributed by atoms with van der Waals surface area (Å²) in [7, 11) is -3.38. The molecule has 0 aliphatic heterocycles. The summed E-state index contributed by atoms with van der Waals surface area (Å²) in [6, 6.07) is 5.67. The molecule has 0 bridgehead atoms. The van der Waals surface area contributed by atoms with Crippen molar-refractivity contribution in [1.29, 1.82) is 0 Å². The molecule has 1 aromatic carbocycles. The minimum atomic E-state index is -3.38. The van der Waals surface area contributed by atoms with E-state index < -0.39 is 15.9 Å². The van der Waals surface area contributed by atoms with Crippen molar-refractivity contribution in [3.63, 3.8) is 0 Å². The van der Waals surface area contributed by atoms with E-state index in [4.69, 9.17) is 5.73 Å². The fourth-order valence-corrected chi connectivity index (χ4v) is 2.57. The van der Waals surface area contributed by atoms with Gasteiger partial charge in [-0.2, -0.15) is 0 Å². The fraction of sp³-hybridized carbons (Fsp3) is 0.462. The smallest absolute Gasteiger partial charge is 0.241 e. The lowest BCUT2D eigenvalue weighted by Gasteiger charge is -2.17. The first kappa shape index (κ1) is 15.7. The molecule has 0 saturated carbocycles. The first-order valence-electron chi connectivity index (χ1n) is 6.17. The van der Waals surface area contributed by atoms with E-state index >= 15 is 0 Å². The van der Waals surface area contributed by atoms with E-state index in [1.165, 1.54) is 6.07 Å². The molecule has 1 amide bonds. The van der Waals surface area contributed by atoms with E-state index in [0.717, 1.165) is 0 Å². The van der Waals surface area contributed by atoms with E-state index in [0.29, 0.717) is 0 Å². The highest BCUT2D eigenvalue weighted by Gasteiger charge is 2.21. The molecule has 0 aliphatic rings. The monoisotopic (exact) mass is 284 g/mol. The highest BCUT2D eigenvalue weighted by atomic mass is 32.2. The molecule has 0 aromatic heterocycles. The van der Waals surface area contributed by atoms with Crippen LogP contribution in [0.3, 0.4) is 0 Å². The topological polar surface area (TPSA) is 89.3 Å². The number of para-hydroxylation sites is 1. The van der Waals surface area contributed by atoms with E-state index in [1.54, 1.807) is 25.1 Å². The van der Waals surface area contributed by atoms with E-state index in [9.17, 15) is 13.2 Å². The molecule has 1 atom stereocenters. The molecule has 0 aliphatic carbocycles. The molecular weight excluding hydrogens is 264 g/mol. The van der Waals surface area contributed by atoms with Crippen LogP contribution in [0, 0.1) is 5.92 Å². The Morgan fingerprint density at radius 1 is 1.32 bits per heavy atom. The highest BCUT2D eigenvalue weighted by Crippen LogP contribution is 2.22. The Hall–Kier alpha value is -1.40. The van der Waals surface area contributed by atoms with Crippen LogP contribution in [0.25, 0.3) is 0 Å². The van der Waals surface area contributed by atoms with Crippen LogP contribution in [0.1, 0.15) is 20.8 Å². The van der Waals surface area contributed by atoms with Crippen LogP contribution < -0.4 is 11.1 Å². The lowest BCUT2D eigenvalue weighted by Crippen LogP contribution is -2.40. The molecule has 0 spiro atoms. The number of nitrogens with one attached hydrogen (secondary N) is 1. The van der Waals surface area contributed by atoms with Crippen LogP contribution in [0.15, 0.2) is 29.2 Å². The predicted octanol–water partition coefficient (Wildman–Crippen LogP) is 1.40.